The van der Waals surface area contributed by atoms with E-state index < -0.39 is 18.3 Å². The van der Waals surface area contributed by atoms with E-state index in [0.717, 1.165) is 25.3 Å². The maximum atomic E-state index is 12.8. The molecule has 0 aliphatic heterocycles. The monoisotopic (exact) mass is 345 g/mol. The van der Waals surface area contributed by atoms with Gasteiger partial charge in [0.1, 0.15) is 6.04 Å². The molecule has 0 spiro atoms. The number of halogens is 3. The van der Waals surface area contributed by atoms with Gasteiger partial charge in [-0.3, -0.25) is 0 Å². The van der Waals surface area contributed by atoms with E-state index in [2.05, 4.69) is 25.6 Å². The van der Waals surface area contributed by atoms with E-state index in [1.54, 1.807) is 6.08 Å². The highest BCUT2D eigenvalue weighted by atomic mass is 19.4. The van der Waals surface area contributed by atoms with Gasteiger partial charge in [-0.2, -0.15) is 28.1 Å². The summed E-state index contributed by atoms with van der Waals surface area (Å²) in [5.74, 6) is 0.378. The van der Waals surface area contributed by atoms with Gasteiger partial charge in [-0.25, -0.2) is 0 Å². The summed E-state index contributed by atoms with van der Waals surface area (Å²) in [5.41, 5.74) is 0.721. The average molecular weight is 345 g/mol. The molecule has 1 aliphatic carbocycles. The van der Waals surface area contributed by atoms with E-state index in [0.29, 0.717) is 25.2 Å². The molecule has 1 aliphatic rings. The Hall–Kier alpha value is -1.90. The first kappa shape index (κ1) is 18.4. The molecule has 0 fully saturated rings. The zero-order valence-electron chi connectivity index (χ0n) is 13.7. The largest absolute Gasteiger partial charge is 0.408 e. The lowest BCUT2D eigenvalue weighted by molar-refractivity contribution is -0.138. The lowest BCUT2D eigenvalue weighted by Gasteiger charge is -2.19. The van der Waals surface area contributed by atoms with E-state index in [4.69, 9.17) is 0 Å². The highest BCUT2D eigenvalue weighted by Gasteiger charge is 2.36. The second-order valence-electron chi connectivity index (χ2n) is 5.79. The molecule has 0 aromatic carbocycles. The van der Waals surface area contributed by atoms with E-state index in [9.17, 15) is 18.3 Å². The van der Waals surface area contributed by atoms with Crippen molar-refractivity contribution in [3.63, 3.8) is 0 Å². The third-order valence-electron chi connectivity index (χ3n) is 3.63. The highest BCUT2D eigenvalue weighted by Crippen LogP contribution is 2.27. The standard InChI is InChI=1S/C15H22F3N5O/c1-3-7-19-13-21-12(10-5-4-6-11(24)8-10)22-14(23-13)20-9(2)15(16,17)18/h8-9,11,24H,3-7H2,1-2H3,(H2,19,20,21,22,23). The Balaban J connectivity index is 2.30. The Morgan fingerprint density at radius 2 is 2.00 bits per heavy atom. The Labute approximate surface area is 138 Å². The third kappa shape index (κ3) is 5.05. The third-order valence-corrected chi connectivity index (χ3v) is 3.63. The van der Waals surface area contributed by atoms with E-state index >= 15 is 0 Å². The summed E-state index contributed by atoms with van der Waals surface area (Å²) in [6.45, 7) is 3.56. The summed E-state index contributed by atoms with van der Waals surface area (Å²) in [5, 5.41) is 15.0. The number of aliphatic hydroxyl groups excluding tert-OH is 1. The van der Waals surface area contributed by atoms with Crippen LogP contribution in [0.4, 0.5) is 25.1 Å². The fourth-order valence-corrected chi connectivity index (χ4v) is 2.26. The molecule has 1 heterocycles. The predicted molar refractivity (Wildman–Crippen MR) is 85.6 cm³/mol. The minimum absolute atomic E-state index is 0.135. The average Bonchev–Trinajstić information content (AvgIpc) is 2.52. The maximum absolute atomic E-state index is 12.8. The normalized spacial score (nSPS) is 19.6. The van der Waals surface area contributed by atoms with Crippen LogP contribution in [0, 0.1) is 0 Å². The van der Waals surface area contributed by atoms with Crippen LogP contribution in [0.1, 0.15) is 45.4 Å². The van der Waals surface area contributed by atoms with Crippen molar-refractivity contribution < 1.29 is 18.3 Å². The molecule has 2 rings (SSSR count). The lowest BCUT2D eigenvalue weighted by Crippen LogP contribution is -2.34. The number of aromatic nitrogens is 3. The Morgan fingerprint density at radius 3 is 2.62 bits per heavy atom. The van der Waals surface area contributed by atoms with Crippen LogP contribution in [0.15, 0.2) is 6.08 Å². The molecule has 3 N–H and O–H groups in total. The number of rotatable bonds is 6. The summed E-state index contributed by atoms with van der Waals surface area (Å²) in [4.78, 5) is 12.4. The molecular formula is C15H22F3N5O. The van der Waals surface area contributed by atoms with Crippen LogP contribution < -0.4 is 10.6 Å². The van der Waals surface area contributed by atoms with Gasteiger partial charge < -0.3 is 15.7 Å². The van der Waals surface area contributed by atoms with Gasteiger partial charge in [0, 0.05) is 6.54 Å². The first-order valence-corrected chi connectivity index (χ1v) is 8.02. The van der Waals surface area contributed by atoms with Gasteiger partial charge in [0.05, 0.1) is 6.10 Å². The zero-order valence-corrected chi connectivity index (χ0v) is 13.7. The minimum atomic E-state index is -4.40. The number of nitrogens with zero attached hydrogens (tertiary/aromatic N) is 3. The SMILES string of the molecule is CCCNc1nc(NC(C)C(F)(F)F)nc(C2=CC(O)CCC2)n1. The fraction of sp³-hybridized carbons (Fsp3) is 0.667. The molecule has 0 saturated heterocycles. The smallest absolute Gasteiger partial charge is 0.389 e. The fourth-order valence-electron chi connectivity index (χ4n) is 2.26. The van der Waals surface area contributed by atoms with Gasteiger partial charge in [-0.1, -0.05) is 6.92 Å². The first-order valence-electron chi connectivity index (χ1n) is 8.02. The number of anilines is 2. The number of aliphatic hydroxyl groups is 1. The van der Waals surface area contributed by atoms with Crippen LogP contribution >= 0.6 is 0 Å². The van der Waals surface area contributed by atoms with Gasteiger partial charge in [0.15, 0.2) is 5.82 Å². The number of hydrogen-bond acceptors (Lipinski definition) is 6. The molecule has 0 amide bonds. The van der Waals surface area contributed by atoms with Crippen molar-refractivity contribution in [2.24, 2.45) is 0 Å². The molecule has 0 bridgehead atoms. The van der Waals surface area contributed by atoms with Crippen LogP contribution in [-0.2, 0) is 0 Å². The topological polar surface area (TPSA) is 83.0 Å². The molecule has 1 aromatic rings. The van der Waals surface area contributed by atoms with Crippen molar-refractivity contribution in [3.8, 4) is 0 Å². The molecule has 134 valence electrons. The summed E-state index contributed by atoms with van der Waals surface area (Å²) >= 11 is 0. The summed E-state index contributed by atoms with van der Waals surface area (Å²) in [6, 6.07) is -1.78. The number of alkyl halides is 3. The Bertz CT molecular complexity index is 591. The Kier molecular flexibility index (Phi) is 5.98. The van der Waals surface area contributed by atoms with Crippen molar-refractivity contribution in [2.45, 2.75) is 57.9 Å². The molecule has 0 radical (unpaired) electrons. The van der Waals surface area contributed by atoms with Crippen molar-refractivity contribution in [1.29, 1.82) is 0 Å². The van der Waals surface area contributed by atoms with Crippen LogP contribution in [0.25, 0.3) is 5.57 Å². The molecule has 9 heteroatoms. The maximum Gasteiger partial charge on any atom is 0.408 e. The van der Waals surface area contributed by atoms with Crippen LogP contribution in [0.3, 0.4) is 0 Å². The molecule has 0 saturated carbocycles. The van der Waals surface area contributed by atoms with Crippen molar-refractivity contribution in [2.75, 3.05) is 17.2 Å². The van der Waals surface area contributed by atoms with Crippen LogP contribution in [0.5, 0.6) is 0 Å². The van der Waals surface area contributed by atoms with E-state index in [1.807, 2.05) is 6.92 Å². The number of nitrogens with one attached hydrogen (secondary N) is 2. The molecule has 6 nitrogen and oxygen atoms in total. The van der Waals surface area contributed by atoms with Crippen LogP contribution in [-0.4, -0.2) is 44.9 Å². The van der Waals surface area contributed by atoms with Gasteiger partial charge in [-0.05, 0) is 44.3 Å². The number of hydrogen-bond donors (Lipinski definition) is 3. The summed E-state index contributed by atoms with van der Waals surface area (Å²) in [7, 11) is 0. The molecule has 24 heavy (non-hydrogen) atoms. The minimum Gasteiger partial charge on any atom is -0.389 e. The van der Waals surface area contributed by atoms with E-state index in [1.165, 1.54) is 0 Å². The van der Waals surface area contributed by atoms with Crippen LogP contribution in [0.2, 0.25) is 0 Å². The van der Waals surface area contributed by atoms with Gasteiger partial charge in [0.25, 0.3) is 0 Å². The predicted octanol–water partition coefficient (Wildman–Crippen LogP) is 2.98. The summed E-state index contributed by atoms with van der Waals surface area (Å²) < 4.78 is 38.3. The number of allylic oxidation sites excluding steroid dienone is 1. The van der Waals surface area contributed by atoms with Crippen molar-refractivity contribution >= 4 is 17.5 Å². The Morgan fingerprint density at radius 1 is 1.29 bits per heavy atom. The second-order valence-corrected chi connectivity index (χ2v) is 5.79. The van der Waals surface area contributed by atoms with E-state index in [-0.39, 0.29) is 11.9 Å². The van der Waals surface area contributed by atoms with Crippen molar-refractivity contribution in [1.82, 2.24) is 15.0 Å². The first-order chi connectivity index (χ1) is 11.3. The van der Waals surface area contributed by atoms with Crippen molar-refractivity contribution in [3.05, 3.63) is 11.9 Å². The van der Waals surface area contributed by atoms with Gasteiger partial charge in [0.2, 0.25) is 11.9 Å². The second kappa shape index (κ2) is 7.78. The quantitative estimate of drug-likeness (QED) is 0.735. The zero-order chi connectivity index (χ0) is 17.7. The summed E-state index contributed by atoms with van der Waals surface area (Å²) in [6.07, 6.45) is -0.400. The lowest BCUT2D eigenvalue weighted by atomic mass is 9.97. The molecule has 2 atom stereocenters. The molecule has 1 aromatic heterocycles. The highest BCUT2D eigenvalue weighted by molar-refractivity contribution is 5.63. The van der Waals surface area contributed by atoms with Gasteiger partial charge >= 0.3 is 6.18 Å². The molecule has 2 unspecified atom stereocenters. The van der Waals surface area contributed by atoms with Gasteiger partial charge in [-0.15, -0.1) is 0 Å². The molecular weight excluding hydrogens is 323 g/mol.